The lowest BCUT2D eigenvalue weighted by Crippen LogP contribution is -2.32. The summed E-state index contributed by atoms with van der Waals surface area (Å²) in [5.41, 5.74) is 1.25. The van der Waals surface area contributed by atoms with Gasteiger partial charge in [0.25, 0.3) is 0 Å². The molecular formula is C10H11BN2O2. The molecule has 76 valence electrons. The van der Waals surface area contributed by atoms with E-state index in [0.29, 0.717) is 5.46 Å². The van der Waals surface area contributed by atoms with Crippen LogP contribution >= 0.6 is 0 Å². The smallest absolute Gasteiger partial charge is 0.423 e. The third kappa shape index (κ3) is 1.93. The summed E-state index contributed by atoms with van der Waals surface area (Å²) in [6.45, 7) is 1.82. The molecule has 2 N–H and O–H groups in total. The molecule has 0 radical (unpaired) electrons. The number of hydrogen-bond acceptors (Lipinski definition) is 3. The Balaban J connectivity index is 2.42. The van der Waals surface area contributed by atoms with Gasteiger partial charge in [-0.25, -0.2) is 4.98 Å². The van der Waals surface area contributed by atoms with Crippen LogP contribution in [0.25, 0.3) is 5.82 Å². The van der Waals surface area contributed by atoms with Crippen LogP contribution in [0.5, 0.6) is 0 Å². The van der Waals surface area contributed by atoms with Crippen molar-refractivity contribution >= 4 is 12.6 Å². The maximum atomic E-state index is 9.03. The van der Waals surface area contributed by atoms with Crippen molar-refractivity contribution in [3.63, 3.8) is 0 Å². The normalized spacial score (nSPS) is 10.3. The Bertz CT molecular complexity index is 454. The summed E-state index contributed by atoms with van der Waals surface area (Å²) in [6.07, 6.45) is 5.25. The van der Waals surface area contributed by atoms with Crippen LogP contribution in [0.2, 0.25) is 0 Å². The third-order valence-electron chi connectivity index (χ3n) is 2.28. The molecule has 0 saturated carbocycles. The van der Waals surface area contributed by atoms with Gasteiger partial charge < -0.3 is 14.6 Å². The second-order valence-corrected chi connectivity index (χ2v) is 3.36. The van der Waals surface area contributed by atoms with Crippen LogP contribution in [0, 0.1) is 6.92 Å². The molecule has 2 rings (SSSR count). The molecule has 2 heterocycles. The van der Waals surface area contributed by atoms with Gasteiger partial charge in [0.2, 0.25) is 0 Å². The van der Waals surface area contributed by atoms with Crippen LogP contribution in [0.4, 0.5) is 0 Å². The first kappa shape index (κ1) is 9.95. The van der Waals surface area contributed by atoms with E-state index in [4.69, 9.17) is 10.0 Å². The highest BCUT2D eigenvalue weighted by atomic mass is 16.4. The highest BCUT2D eigenvalue weighted by Gasteiger charge is 2.14. The number of aryl methyl sites for hydroxylation is 1. The molecule has 0 aromatic carbocycles. The molecule has 0 aliphatic rings. The highest BCUT2D eigenvalue weighted by molar-refractivity contribution is 6.59. The number of rotatable bonds is 2. The van der Waals surface area contributed by atoms with E-state index < -0.39 is 7.12 Å². The van der Waals surface area contributed by atoms with Gasteiger partial charge in [0, 0.05) is 24.1 Å². The second kappa shape index (κ2) is 3.88. The van der Waals surface area contributed by atoms with Crippen LogP contribution < -0.4 is 5.46 Å². The first-order valence-corrected chi connectivity index (χ1v) is 4.64. The van der Waals surface area contributed by atoms with E-state index in [1.165, 1.54) is 6.20 Å². The molecule has 0 unspecified atom stereocenters. The summed E-state index contributed by atoms with van der Waals surface area (Å²) in [5.74, 6) is 0.766. The van der Waals surface area contributed by atoms with Crippen LogP contribution in [0.15, 0.2) is 36.8 Å². The maximum absolute atomic E-state index is 9.03. The molecule has 5 heteroatoms. The zero-order chi connectivity index (χ0) is 10.8. The van der Waals surface area contributed by atoms with Gasteiger partial charge >= 0.3 is 7.12 Å². The van der Waals surface area contributed by atoms with Gasteiger partial charge in [-0.05, 0) is 30.7 Å². The Kier molecular flexibility index (Phi) is 2.57. The molecule has 0 spiro atoms. The summed E-state index contributed by atoms with van der Waals surface area (Å²) in [7, 11) is -1.46. The van der Waals surface area contributed by atoms with Crippen molar-refractivity contribution in [3.05, 3.63) is 42.4 Å². The summed E-state index contributed by atoms with van der Waals surface area (Å²) < 4.78 is 1.86. The Morgan fingerprint density at radius 1 is 1.27 bits per heavy atom. The summed E-state index contributed by atoms with van der Waals surface area (Å²) in [4.78, 5) is 4.15. The molecule has 0 amide bonds. The lowest BCUT2D eigenvalue weighted by Gasteiger charge is -2.07. The van der Waals surface area contributed by atoms with Crippen molar-refractivity contribution in [1.29, 1.82) is 0 Å². The summed E-state index contributed by atoms with van der Waals surface area (Å²) in [6, 6.07) is 5.63. The van der Waals surface area contributed by atoms with Gasteiger partial charge in [0.15, 0.2) is 0 Å². The van der Waals surface area contributed by atoms with Crippen LogP contribution in [-0.2, 0) is 0 Å². The molecule has 0 atom stereocenters. The molecule has 2 aromatic rings. The van der Waals surface area contributed by atoms with E-state index in [-0.39, 0.29) is 0 Å². The largest absolute Gasteiger partial charge is 0.490 e. The Labute approximate surface area is 88.0 Å². The van der Waals surface area contributed by atoms with Crippen LogP contribution in [0.1, 0.15) is 5.56 Å². The summed E-state index contributed by atoms with van der Waals surface area (Å²) >= 11 is 0. The zero-order valence-electron chi connectivity index (χ0n) is 8.33. The average molecular weight is 202 g/mol. The Morgan fingerprint density at radius 2 is 1.93 bits per heavy atom. The van der Waals surface area contributed by atoms with E-state index in [0.717, 1.165) is 11.4 Å². The third-order valence-corrected chi connectivity index (χ3v) is 2.28. The fourth-order valence-electron chi connectivity index (χ4n) is 1.45. The molecule has 2 aromatic heterocycles. The number of aromatic nitrogens is 2. The Hall–Kier alpha value is -1.59. The summed E-state index contributed by atoms with van der Waals surface area (Å²) in [5, 5.41) is 18.1. The van der Waals surface area contributed by atoms with E-state index >= 15 is 0 Å². The number of nitrogens with zero attached hydrogens (tertiary/aromatic N) is 2. The van der Waals surface area contributed by atoms with Crippen molar-refractivity contribution in [3.8, 4) is 5.82 Å². The molecular weight excluding hydrogens is 191 g/mol. The van der Waals surface area contributed by atoms with Crippen molar-refractivity contribution in [2.75, 3.05) is 0 Å². The Morgan fingerprint density at radius 3 is 2.47 bits per heavy atom. The van der Waals surface area contributed by atoms with Crippen molar-refractivity contribution in [2.24, 2.45) is 0 Å². The first-order chi connectivity index (χ1) is 7.18. The predicted octanol–water partition coefficient (Wildman–Crippen LogP) is -0.139. The van der Waals surface area contributed by atoms with Crippen molar-refractivity contribution < 1.29 is 10.0 Å². The minimum atomic E-state index is -1.46. The molecule has 15 heavy (non-hydrogen) atoms. The van der Waals surface area contributed by atoms with Crippen molar-refractivity contribution in [2.45, 2.75) is 6.92 Å². The quantitative estimate of drug-likeness (QED) is 0.666. The SMILES string of the molecule is Cc1cc(-n2cccc2)ncc1B(O)O. The van der Waals surface area contributed by atoms with Gasteiger partial charge in [-0.15, -0.1) is 0 Å². The second-order valence-electron chi connectivity index (χ2n) is 3.36. The predicted molar refractivity (Wildman–Crippen MR) is 58.1 cm³/mol. The monoisotopic (exact) mass is 202 g/mol. The molecule has 4 nitrogen and oxygen atoms in total. The van der Waals surface area contributed by atoms with Crippen molar-refractivity contribution in [1.82, 2.24) is 9.55 Å². The molecule has 0 bridgehead atoms. The van der Waals surface area contributed by atoms with Crippen LogP contribution in [0.3, 0.4) is 0 Å². The van der Waals surface area contributed by atoms with Gasteiger partial charge in [-0.1, -0.05) is 0 Å². The number of pyridine rings is 1. The molecule has 0 aliphatic carbocycles. The van der Waals surface area contributed by atoms with E-state index in [1.54, 1.807) is 0 Å². The van der Waals surface area contributed by atoms with E-state index in [1.807, 2.05) is 42.1 Å². The number of hydrogen-bond donors (Lipinski definition) is 2. The van der Waals surface area contributed by atoms with Gasteiger partial charge in [-0.3, -0.25) is 0 Å². The standard InChI is InChI=1S/C10H11BN2O2/c1-8-6-10(13-4-2-3-5-13)12-7-9(8)11(14)15/h2-7,14-15H,1H3. The molecule has 0 fully saturated rings. The van der Waals surface area contributed by atoms with Gasteiger partial charge in [0.1, 0.15) is 5.82 Å². The zero-order valence-corrected chi connectivity index (χ0v) is 8.33. The fraction of sp³-hybridized carbons (Fsp3) is 0.100. The lowest BCUT2D eigenvalue weighted by atomic mass is 9.79. The molecule has 0 aliphatic heterocycles. The van der Waals surface area contributed by atoms with Crippen LogP contribution in [-0.4, -0.2) is 26.7 Å². The first-order valence-electron chi connectivity index (χ1n) is 4.64. The van der Waals surface area contributed by atoms with Gasteiger partial charge in [-0.2, -0.15) is 0 Å². The van der Waals surface area contributed by atoms with Gasteiger partial charge in [0.05, 0.1) is 0 Å². The van der Waals surface area contributed by atoms with E-state index in [2.05, 4.69) is 4.98 Å². The van der Waals surface area contributed by atoms with E-state index in [9.17, 15) is 0 Å². The maximum Gasteiger partial charge on any atom is 0.490 e. The topological polar surface area (TPSA) is 58.3 Å². The average Bonchev–Trinajstić information content (AvgIpc) is 2.69. The minimum Gasteiger partial charge on any atom is -0.423 e. The fourth-order valence-corrected chi connectivity index (χ4v) is 1.45. The lowest BCUT2D eigenvalue weighted by molar-refractivity contribution is 0.425. The highest BCUT2D eigenvalue weighted by Crippen LogP contribution is 2.05. The molecule has 0 saturated heterocycles. The minimum absolute atomic E-state index is 0.436.